The van der Waals surface area contributed by atoms with Gasteiger partial charge in [-0.25, -0.2) is 0 Å². The van der Waals surface area contributed by atoms with Gasteiger partial charge in [-0.2, -0.15) is 0 Å². The summed E-state index contributed by atoms with van der Waals surface area (Å²) in [5, 5.41) is 0. The fraction of sp³-hybridized carbons (Fsp3) is 0.826. The minimum atomic E-state index is -0.404. The molecule has 1 fully saturated rings. The molecule has 146 valence electrons. The van der Waals surface area contributed by atoms with Crippen molar-refractivity contribution < 1.29 is 9.47 Å². The Bertz CT molecular complexity index is 433. The molecular formula is C23H42O2. The molecule has 1 aliphatic heterocycles. The van der Waals surface area contributed by atoms with Crippen LogP contribution in [0.3, 0.4) is 0 Å². The third-order valence-corrected chi connectivity index (χ3v) is 5.01. The van der Waals surface area contributed by atoms with Crippen LogP contribution >= 0.6 is 0 Å². The maximum atomic E-state index is 5.97. The fourth-order valence-electron chi connectivity index (χ4n) is 3.04. The maximum absolute atomic E-state index is 5.97. The highest BCUT2D eigenvalue weighted by Crippen LogP contribution is 2.32. The maximum Gasteiger partial charge on any atom is 0.165 e. The number of hydrogen-bond donors (Lipinski definition) is 0. The Balaban J connectivity index is 2.23. The zero-order valence-corrected chi connectivity index (χ0v) is 17.9. The van der Waals surface area contributed by atoms with Crippen molar-refractivity contribution in [3.05, 3.63) is 23.3 Å². The van der Waals surface area contributed by atoms with Crippen LogP contribution in [0.2, 0.25) is 0 Å². The fourth-order valence-corrected chi connectivity index (χ4v) is 3.04. The van der Waals surface area contributed by atoms with Gasteiger partial charge in [0.2, 0.25) is 0 Å². The van der Waals surface area contributed by atoms with E-state index in [4.69, 9.17) is 9.47 Å². The molecule has 2 heteroatoms. The Hall–Kier alpha value is -0.600. The minimum absolute atomic E-state index is 0.143. The van der Waals surface area contributed by atoms with Crippen molar-refractivity contribution in [1.29, 1.82) is 0 Å². The molecular weight excluding hydrogens is 308 g/mol. The van der Waals surface area contributed by atoms with E-state index in [1.807, 2.05) is 0 Å². The predicted octanol–water partition coefficient (Wildman–Crippen LogP) is 7.05. The Labute approximate surface area is 157 Å². The molecule has 25 heavy (non-hydrogen) atoms. The molecule has 1 rings (SSSR count). The van der Waals surface area contributed by atoms with Crippen molar-refractivity contribution in [1.82, 2.24) is 0 Å². The van der Waals surface area contributed by atoms with Gasteiger partial charge in [-0.3, -0.25) is 0 Å². The van der Waals surface area contributed by atoms with Crippen LogP contribution in [0.5, 0.6) is 0 Å². The summed E-state index contributed by atoms with van der Waals surface area (Å²) < 4.78 is 11.9. The molecule has 0 aliphatic carbocycles. The summed E-state index contributed by atoms with van der Waals surface area (Å²) in [6.45, 7) is 17.2. The van der Waals surface area contributed by atoms with E-state index in [0.29, 0.717) is 0 Å². The van der Waals surface area contributed by atoms with Crippen molar-refractivity contribution >= 4 is 0 Å². The molecule has 0 spiro atoms. The zero-order valence-electron chi connectivity index (χ0n) is 17.9. The highest BCUT2D eigenvalue weighted by atomic mass is 16.7. The average molecular weight is 351 g/mol. The van der Waals surface area contributed by atoms with Crippen molar-refractivity contribution in [3.8, 4) is 0 Å². The molecule has 1 heterocycles. The van der Waals surface area contributed by atoms with Crippen molar-refractivity contribution in [2.75, 3.05) is 13.2 Å². The minimum Gasteiger partial charge on any atom is -0.350 e. The summed E-state index contributed by atoms with van der Waals surface area (Å²) in [7, 11) is 0. The predicted molar refractivity (Wildman–Crippen MR) is 109 cm³/mol. The summed E-state index contributed by atoms with van der Waals surface area (Å²) in [6.07, 6.45) is 13.0. The van der Waals surface area contributed by atoms with E-state index in [9.17, 15) is 0 Å². The normalized spacial score (nSPS) is 21.0. The van der Waals surface area contributed by atoms with Gasteiger partial charge < -0.3 is 9.47 Å². The van der Waals surface area contributed by atoms with Crippen LogP contribution in [0.15, 0.2) is 23.3 Å². The first kappa shape index (κ1) is 22.4. The van der Waals surface area contributed by atoms with E-state index in [-0.39, 0.29) is 5.41 Å². The van der Waals surface area contributed by atoms with Gasteiger partial charge >= 0.3 is 0 Å². The van der Waals surface area contributed by atoms with E-state index < -0.39 is 5.79 Å². The van der Waals surface area contributed by atoms with Gasteiger partial charge in [0.25, 0.3) is 0 Å². The highest BCUT2D eigenvalue weighted by Gasteiger charge is 2.36. The van der Waals surface area contributed by atoms with Crippen LogP contribution in [0.1, 0.15) is 93.4 Å². The molecule has 2 nitrogen and oxygen atoms in total. The van der Waals surface area contributed by atoms with Gasteiger partial charge in [0, 0.05) is 11.8 Å². The lowest BCUT2D eigenvalue weighted by Gasteiger charge is -2.41. The van der Waals surface area contributed by atoms with E-state index in [0.717, 1.165) is 44.8 Å². The van der Waals surface area contributed by atoms with Crippen molar-refractivity contribution in [2.45, 2.75) is 99.2 Å². The molecule has 0 unspecified atom stereocenters. The molecule has 0 aromatic heterocycles. The quantitative estimate of drug-likeness (QED) is 0.393. The molecule has 0 aromatic rings. The molecule has 0 bridgehead atoms. The second-order valence-electron chi connectivity index (χ2n) is 9.34. The topological polar surface area (TPSA) is 18.5 Å². The molecule has 0 saturated carbocycles. The van der Waals surface area contributed by atoms with Gasteiger partial charge in [-0.05, 0) is 58.8 Å². The number of allylic oxidation sites excluding steroid dienone is 4. The van der Waals surface area contributed by atoms with Crippen LogP contribution in [0.25, 0.3) is 0 Å². The number of rotatable bonds is 10. The van der Waals surface area contributed by atoms with E-state index in [2.05, 4.69) is 60.6 Å². The Morgan fingerprint density at radius 2 is 1.48 bits per heavy atom. The molecule has 0 radical (unpaired) electrons. The SMILES string of the molecule is C/C(=C/CCC1(C)OCC(C)(C)CO1)CC/C=C(\C)CCCC(C)C. The van der Waals surface area contributed by atoms with Crippen LogP contribution < -0.4 is 0 Å². The lowest BCUT2D eigenvalue weighted by Crippen LogP contribution is -2.45. The summed E-state index contributed by atoms with van der Waals surface area (Å²) in [4.78, 5) is 0. The molecule has 0 N–H and O–H groups in total. The van der Waals surface area contributed by atoms with Gasteiger partial charge in [-0.15, -0.1) is 0 Å². The molecule has 1 saturated heterocycles. The lowest BCUT2D eigenvalue weighted by atomic mass is 9.94. The van der Waals surface area contributed by atoms with E-state index in [1.54, 1.807) is 5.57 Å². The van der Waals surface area contributed by atoms with Crippen LogP contribution in [-0.2, 0) is 9.47 Å². The van der Waals surface area contributed by atoms with E-state index >= 15 is 0 Å². The smallest absolute Gasteiger partial charge is 0.165 e. The number of hydrogen-bond acceptors (Lipinski definition) is 2. The lowest BCUT2D eigenvalue weighted by molar-refractivity contribution is -0.291. The van der Waals surface area contributed by atoms with Crippen LogP contribution in [-0.4, -0.2) is 19.0 Å². The summed E-state index contributed by atoms with van der Waals surface area (Å²) in [5.41, 5.74) is 3.17. The largest absolute Gasteiger partial charge is 0.350 e. The van der Waals surface area contributed by atoms with Gasteiger partial charge in [0.1, 0.15) is 0 Å². The van der Waals surface area contributed by atoms with Crippen molar-refractivity contribution in [3.63, 3.8) is 0 Å². The summed E-state index contributed by atoms with van der Waals surface area (Å²) in [5.74, 6) is 0.419. The Morgan fingerprint density at radius 1 is 0.920 bits per heavy atom. The van der Waals surface area contributed by atoms with Crippen LogP contribution in [0, 0.1) is 11.3 Å². The standard InChI is InChI=1S/C23H42O2/c1-19(2)11-8-12-20(3)13-9-14-21(4)15-10-16-23(7)24-17-22(5,6)18-25-23/h13,15,19H,8-12,14,16-18H2,1-7H3/b20-13+,21-15-. The zero-order chi connectivity index (χ0) is 18.9. The molecule has 1 aliphatic rings. The monoisotopic (exact) mass is 350 g/mol. The third kappa shape index (κ3) is 10.2. The van der Waals surface area contributed by atoms with Gasteiger partial charge in [0.05, 0.1) is 13.2 Å². The highest BCUT2D eigenvalue weighted by molar-refractivity contribution is 5.04. The summed E-state index contributed by atoms with van der Waals surface area (Å²) in [6, 6.07) is 0. The van der Waals surface area contributed by atoms with Crippen LogP contribution in [0.4, 0.5) is 0 Å². The molecule has 0 aromatic carbocycles. The van der Waals surface area contributed by atoms with Gasteiger partial charge in [0.15, 0.2) is 5.79 Å². The van der Waals surface area contributed by atoms with Crippen molar-refractivity contribution in [2.24, 2.45) is 11.3 Å². The Kier molecular flexibility index (Phi) is 9.45. The second-order valence-corrected chi connectivity index (χ2v) is 9.34. The summed E-state index contributed by atoms with van der Waals surface area (Å²) >= 11 is 0. The molecule has 0 atom stereocenters. The molecule has 0 amide bonds. The third-order valence-electron chi connectivity index (χ3n) is 5.01. The second kappa shape index (κ2) is 10.5. The first-order valence-corrected chi connectivity index (χ1v) is 10.2. The van der Waals surface area contributed by atoms with Gasteiger partial charge in [-0.1, -0.05) is 57.4 Å². The Morgan fingerprint density at radius 3 is 2.08 bits per heavy atom. The first-order chi connectivity index (χ1) is 11.6. The average Bonchev–Trinajstić information content (AvgIpc) is 2.50. The first-order valence-electron chi connectivity index (χ1n) is 10.2. The number of ether oxygens (including phenoxy) is 2. The van der Waals surface area contributed by atoms with E-state index in [1.165, 1.54) is 24.8 Å².